The Morgan fingerprint density at radius 3 is 2.72 bits per heavy atom. The molecule has 2 N–H and O–H groups in total. The van der Waals surface area contributed by atoms with Gasteiger partial charge < -0.3 is 5.11 Å². The van der Waals surface area contributed by atoms with E-state index in [0.717, 1.165) is 30.9 Å². The molecule has 0 aliphatic heterocycles. The number of benzene rings is 1. The normalized spacial score (nSPS) is 16.1. The van der Waals surface area contributed by atoms with Crippen molar-refractivity contribution in [2.75, 3.05) is 0 Å². The molecule has 1 aliphatic rings. The molecule has 6 heteroatoms. The third-order valence-electron chi connectivity index (χ3n) is 2.94. The number of carboxylic acids is 1. The molecule has 0 saturated heterocycles. The molecule has 98 valence electrons. The Morgan fingerprint density at radius 1 is 1.44 bits per heavy atom. The minimum atomic E-state index is -1.15. The average Bonchev–Trinajstić information content (AvgIpc) is 2.80. The third-order valence-corrected chi connectivity index (χ3v) is 4.24. The topological polar surface area (TPSA) is 49.3 Å². The number of carbonyl (C=O) groups is 1. The van der Waals surface area contributed by atoms with Crippen molar-refractivity contribution in [2.24, 2.45) is 0 Å². The van der Waals surface area contributed by atoms with Gasteiger partial charge in [-0.05, 0) is 36.9 Å². The van der Waals surface area contributed by atoms with E-state index in [9.17, 15) is 9.18 Å². The zero-order chi connectivity index (χ0) is 13.1. The molecule has 0 atom stereocenters. The predicted octanol–water partition coefficient (Wildman–Crippen LogP) is 3.72. The molecule has 1 fully saturated rings. The van der Waals surface area contributed by atoms with Crippen LogP contribution in [0.4, 0.5) is 4.39 Å². The lowest BCUT2D eigenvalue weighted by Crippen LogP contribution is -2.18. The fourth-order valence-corrected chi connectivity index (χ4v) is 3.06. The maximum Gasteiger partial charge on any atom is 0.337 e. The van der Waals surface area contributed by atoms with E-state index in [2.05, 4.69) is 4.72 Å². The van der Waals surface area contributed by atoms with Crippen LogP contribution >= 0.6 is 23.5 Å². The number of aromatic carboxylic acids is 1. The van der Waals surface area contributed by atoms with Gasteiger partial charge in [-0.1, -0.05) is 24.4 Å². The monoisotopic (exact) mass is 289 g/mol. The van der Waals surface area contributed by atoms with E-state index in [1.54, 1.807) is 0 Å². The molecule has 0 heterocycles. The highest BCUT2D eigenvalue weighted by molar-refractivity contribution is 7.97. The van der Waals surface area contributed by atoms with Gasteiger partial charge in [-0.25, -0.2) is 9.18 Å². The molecular weight excluding hydrogens is 277 g/mol. The van der Waals surface area contributed by atoms with Crippen molar-refractivity contribution in [1.29, 1.82) is 0 Å². The van der Waals surface area contributed by atoms with Crippen molar-refractivity contribution in [1.82, 2.24) is 4.72 Å². The highest BCUT2D eigenvalue weighted by atomic mass is 35.5. The first-order valence-corrected chi connectivity index (χ1v) is 6.92. The Labute approximate surface area is 114 Å². The van der Waals surface area contributed by atoms with Gasteiger partial charge in [0.25, 0.3) is 0 Å². The maximum absolute atomic E-state index is 13.6. The van der Waals surface area contributed by atoms with Gasteiger partial charge in [-0.2, -0.15) is 0 Å². The lowest BCUT2D eigenvalue weighted by Gasteiger charge is -2.12. The molecule has 18 heavy (non-hydrogen) atoms. The van der Waals surface area contributed by atoms with Crippen LogP contribution in [0, 0.1) is 5.82 Å². The number of hydrogen-bond donors (Lipinski definition) is 2. The second-order valence-corrected chi connectivity index (χ2v) is 5.56. The summed E-state index contributed by atoms with van der Waals surface area (Å²) in [7, 11) is 0. The van der Waals surface area contributed by atoms with Crippen LogP contribution < -0.4 is 4.72 Å². The third kappa shape index (κ3) is 3.16. The van der Waals surface area contributed by atoms with E-state index in [1.807, 2.05) is 0 Å². The Kier molecular flexibility index (Phi) is 4.48. The van der Waals surface area contributed by atoms with E-state index < -0.39 is 11.8 Å². The van der Waals surface area contributed by atoms with Crippen molar-refractivity contribution in [3.63, 3.8) is 0 Å². The summed E-state index contributed by atoms with van der Waals surface area (Å²) in [5, 5.41) is 8.85. The van der Waals surface area contributed by atoms with Gasteiger partial charge >= 0.3 is 5.97 Å². The largest absolute Gasteiger partial charge is 0.478 e. The van der Waals surface area contributed by atoms with Gasteiger partial charge in [0.1, 0.15) is 5.82 Å². The summed E-state index contributed by atoms with van der Waals surface area (Å²) >= 11 is 6.81. The molecule has 0 amide bonds. The maximum atomic E-state index is 13.6. The standard InChI is InChI=1S/C12H13ClFNO2S/c13-9-6-10(14)11(5-8(9)12(16)17)18-15-7-3-1-2-4-7/h5-7,15H,1-4H2,(H,16,17). The summed E-state index contributed by atoms with van der Waals surface area (Å²) in [5.41, 5.74) is -0.0752. The van der Waals surface area contributed by atoms with Gasteiger partial charge in [0, 0.05) is 6.04 Å². The van der Waals surface area contributed by atoms with Crippen LogP contribution in [-0.4, -0.2) is 17.1 Å². The molecule has 0 aromatic heterocycles. The van der Waals surface area contributed by atoms with Gasteiger partial charge in [0.15, 0.2) is 0 Å². The summed E-state index contributed by atoms with van der Waals surface area (Å²) in [6, 6.07) is 2.69. The quantitative estimate of drug-likeness (QED) is 0.830. The van der Waals surface area contributed by atoms with Crippen molar-refractivity contribution in [3.05, 3.63) is 28.5 Å². The Balaban J connectivity index is 2.11. The molecule has 1 aliphatic carbocycles. The van der Waals surface area contributed by atoms with Gasteiger partial charge in [0.2, 0.25) is 0 Å². The summed E-state index contributed by atoms with van der Waals surface area (Å²) in [6.07, 6.45) is 4.52. The zero-order valence-corrected chi connectivity index (χ0v) is 11.2. The van der Waals surface area contributed by atoms with Crippen LogP contribution in [0.15, 0.2) is 17.0 Å². The first-order chi connectivity index (χ1) is 8.58. The molecule has 0 unspecified atom stereocenters. The highest BCUT2D eigenvalue weighted by Gasteiger charge is 2.18. The molecule has 0 radical (unpaired) electrons. The Morgan fingerprint density at radius 2 is 2.11 bits per heavy atom. The van der Waals surface area contributed by atoms with Crippen LogP contribution in [0.3, 0.4) is 0 Å². The van der Waals surface area contributed by atoms with E-state index in [-0.39, 0.29) is 15.5 Å². The molecule has 1 saturated carbocycles. The van der Waals surface area contributed by atoms with Crippen LogP contribution in [-0.2, 0) is 0 Å². The fourth-order valence-electron chi connectivity index (χ4n) is 1.96. The minimum Gasteiger partial charge on any atom is -0.478 e. The second-order valence-electron chi connectivity index (χ2n) is 4.27. The van der Waals surface area contributed by atoms with E-state index in [4.69, 9.17) is 16.7 Å². The fraction of sp³-hybridized carbons (Fsp3) is 0.417. The number of rotatable bonds is 4. The van der Waals surface area contributed by atoms with Gasteiger partial charge in [-0.3, -0.25) is 4.72 Å². The lowest BCUT2D eigenvalue weighted by atomic mass is 10.2. The Hall–Kier alpha value is -0.780. The number of hydrogen-bond acceptors (Lipinski definition) is 3. The molecule has 0 spiro atoms. The molecule has 0 bridgehead atoms. The van der Waals surface area contributed by atoms with Crippen molar-refractivity contribution < 1.29 is 14.3 Å². The SMILES string of the molecule is O=C(O)c1cc(SNC2CCCC2)c(F)cc1Cl. The van der Waals surface area contributed by atoms with Crippen molar-refractivity contribution in [2.45, 2.75) is 36.6 Å². The van der Waals surface area contributed by atoms with Crippen LogP contribution in [0.5, 0.6) is 0 Å². The minimum absolute atomic E-state index is 0.0752. The smallest absolute Gasteiger partial charge is 0.337 e. The van der Waals surface area contributed by atoms with Gasteiger partial charge in [0.05, 0.1) is 15.5 Å². The first kappa shape index (κ1) is 13.6. The van der Waals surface area contributed by atoms with Crippen LogP contribution in [0.25, 0.3) is 0 Å². The summed E-state index contributed by atoms with van der Waals surface area (Å²) in [6.45, 7) is 0. The van der Waals surface area contributed by atoms with Crippen molar-refractivity contribution in [3.8, 4) is 0 Å². The van der Waals surface area contributed by atoms with Crippen LogP contribution in [0.2, 0.25) is 5.02 Å². The van der Waals surface area contributed by atoms with E-state index in [0.29, 0.717) is 6.04 Å². The predicted molar refractivity (Wildman–Crippen MR) is 69.6 cm³/mol. The summed E-state index contributed by atoms with van der Waals surface area (Å²) < 4.78 is 16.8. The summed E-state index contributed by atoms with van der Waals surface area (Å²) in [5.74, 6) is -1.65. The number of nitrogens with one attached hydrogen (secondary N) is 1. The number of carboxylic acid groups (broad SMARTS) is 1. The zero-order valence-electron chi connectivity index (χ0n) is 9.58. The lowest BCUT2D eigenvalue weighted by molar-refractivity contribution is 0.0696. The van der Waals surface area contributed by atoms with E-state index in [1.165, 1.54) is 18.9 Å². The average molecular weight is 290 g/mol. The van der Waals surface area contributed by atoms with Gasteiger partial charge in [-0.15, -0.1) is 0 Å². The molecule has 1 aromatic rings. The molecular formula is C12H13ClFNO2S. The first-order valence-electron chi connectivity index (χ1n) is 5.72. The Bertz CT molecular complexity index is 464. The van der Waals surface area contributed by atoms with Crippen molar-refractivity contribution >= 4 is 29.5 Å². The molecule has 2 rings (SSSR count). The molecule has 3 nitrogen and oxygen atoms in total. The van der Waals surface area contributed by atoms with Crippen LogP contribution in [0.1, 0.15) is 36.0 Å². The summed E-state index contributed by atoms with van der Waals surface area (Å²) in [4.78, 5) is 11.2. The highest BCUT2D eigenvalue weighted by Crippen LogP contribution is 2.28. The van der Waals surface area contributed by atoms with E-state index >= 15 is 0 Å². The number of halogens is 2. The molecule has 1 aromatic carbocycles. The second kappa shape index (κ2) is 5.91.